The van der Waals surface area contributed by atoms with Gasteiger partial charge in [-0.1, -0.05) is 0 Å². The van der Waals surface area contributed by atoms with E-state index in [-0.39, 0.29) is 0 Å². The zero-order chi connectivity index (χ0) is 12.5. The predicted molar refractivity (Wildman–Crippen MR) is 50.8 cm³/mol. The molecule has 1 N–H and O–H groups in total. The number of benzene rings is 1. The molecule has 7 heteroatoms. The van der Waals surface area contributed by atoms with Crippen molar-refractivity contribution in [1.29, 1.82) is 0 Å². The van der Waals surface area contributed by atoms with Crippen LogP contribution < -0.4 is 0 Å². The fraction of sp³-hybridized carbons (Fsp3) is 0.222. The highest BCUT2D eigenvalue weighted by molar-refractivity contribution is 7.90. The summed E-state index contributed by atoms with van der Waals surface area (Å²) in [6.45, 7) is 0. The Bertz CT molecular complexity index is 537. The van der Waals surface area contributed by atoms with Gasteiger partial charge >= 0.3 is 5.97 Å². The first-order valence-corrected chi connectivity index (χ1v) is 6.01. The summed E-state index contributed by atoms with van der Waals surface area (Å²) in [5, 5.41) is 8.43. The smallest absolute Gasteiger partial charge is 0.308 e. The second kappa shape index (κ2) is 4.17. The summed E-state index contributed by atoms with van der Waals surface area (Å²) in [4.78, 5) is 9.65. The molecule has 0 heterocycles. The zero-order valence-corrected chi connectivity index (χ0v) is 9.01. The van der Waals surface area contributed by atoms with Gasteiger partial charge < -0.3 is 5.11 Å². The predicted octanol–water partition coefficient (Wildman–Crippen LogP) is 0.995. The molecule has 0 amide bonds. The number of carbonyl (C=O) groups is 1. The van der Waals surface area contributed by atoms with Crippen LogP contribution in [0.3, 0.4) is 0 Å². The average molecular weight is 250 g/mol. The molecule has 0 saturated heterocycles. The number of halogens is 2. The van der Waals surface area contributed by atoms with Gasteiger partial charge in [0.25, 0.3) is 0 Å². The Hall–Kier alpha value is -1.50. The third-order valence-corrected chi connectivity index (χ3v) is 2.99. The topological polar surface area (TPSA) is 71.4 Å². The van der Waals surface area contributed by atoms with Crippen molar-refractivity contribution >= 4 is 15.8 Å². The van der Waals surface area contributed by atoms with Crippen LogP contribution in [0.5, 0.6) is 0 Å². The SMILES string of the molecule is CS(=O)(=O)c1ccc(F)c(CC(=O)O)c1F. The van der Waals surface area contributed by atoms with Gasteiger partial charge in [-0.2, -0.15) is 0 Å². The molecule has 0 aromatic heterocycles. The second-order valence-corrected chi connectivity index (χ2v) is 5.16. The Morgan fingerprint density at radius 2 is 1.94 bits per heavy atom. The van der Waals surface area contributed by atoms with Crippen molar-refractivity contribution in [3.63, 3.8) is 0 Å². The van der Waals surface area contributed by atoms with Crippen molar-refractivity contribution in [3.8, 4) is 0 Å². The lowest BCUT2D eigenvalue weighted by Crippen LogP contribution is -2.10. The molecule has 0 aliphatic heterocycles. The van der Waals surface area contributed by atoms with Gasteiger partial charge in [-0.3, -0.25) is 4.79 Å². The molecule has 0 fully saturated rings. The molecule has 88 valence electrons. The molecule has 0 bridgehead atoms. The van der Waals surface area contributed by atoms with Gasteiger partial charge in [0, 0.05) is 11.8 Å². The minimum atomic E-state index is -3.84. The molecule has 16 heavy (non-hydrogen) atoms. The van der Waals surface area contributed by atoms with Crippen molar-refractivity contribution < 1.29 is 27.1 Å². The summed E-state index contributed by atoms with van der Waals surface area (Å²) in [5.74, 6) is -3.86. The van der Waals surface area contributed by atoms with E-state index >= 15 is 0 Å². The van der Waals surface area contributed by atoms with Crippen molar-refractivity contribution in [2.75, 3.05) is 6.26 Å². The summed E-state index contributed by atoms with van der Waals surface area (Å²) in [7, 11) is -3.84. The molecule has 4 nitrogen and oxygen atoms in total. The van der Waals surface area contributed by atoms with Gasteiger partial charge in [0.05, 0.1) is 6.42 Å². The zero-order valence-electron chi connectivity index (χ0n) is 8.20. The number of carboxylic acids is 1. The highest BCUT2D eigenvalue weighted by Gasteiger charge is 2.21. The van der Waals surface area contributed by atoms with Crippen LogP contribution in [0.2, 0.25) is 0 Å². The van der Waals surface area contributed by atoms with Crippen LogP contribution in [0, 0.1) is 11.6 Å². The molecule has 0 spiro atoms. The molecule has 0 aliphatic rings. The first-order chi connectivity index (χ1) is 7.23. The van der Waals surface area contributed by atoms with E-state index in [9.17, 15) is 22.0 Å². The highest BCUT2D eigenvalue weighted by Crippen LogP contribution is 2.21. The van der Waals surface area contributed by atoms with Gasteiger partial charge in [-0.15, -0.1) is 0 Å². The molecule has 0 saturated carbocycles. The number of hydrogen-bond acceptors (Lipinski definition) is 3. The van der Waals surface area contributed by atoms with Crippen molar-refractivity contribution in [1.82, 2.24) is 0 Å². The highest BCUT2D eigenvalue weighted by atomic mass is 32.2. The normalized spacial score (nSPS) is 11.4. The monoisotopic (exact) mass is 250 g/mol. The summed E-state index contributed by atoms with van der Waals surface area (Å²) >= 11 is 0. The quantitative estimate of drug-likeness (QED) is 0.812. The Balaban J connectivity index is 3.44. The lowest BCUT2D eigenvalue weighted by atomic mass is 10.1. The number of aliphatic carboxylic acids is 1. The summed E-state index contributed by atoms with van der Waals surface area (Å²) < 4.78 is 48.8. The van der Waals surface area contributed by atoms with Gasteiger partial charge in [0.15, 0.2) is 9.84 Å². The lowest BCUT2D eigenvalue weighted by molar-refractivity contribution is -0.136. The summed E-state index contributed by atoms with van der Waals surface area (Å²) in [5.41, 5.74) is -0.754. The molecule has 1 aromatic carbocycles. The Labute approximate surface area is 90.4 Å². The first kappa shape index (κ1) is 12.6. The Kier molecular flexibility index (Phi) is 3.27. The number of carboxylic acid groups (broad SMARTS) is 1. The molecule has 1 aromatic rings. The van der Waals surface area contributed by atoms with E-state index < -0.39 is 44.3 Å². The van der Waals surface area contributed by atoms with Crippen LogP contribution in [-0.4, -0.2) is 25.7 Å². The molecule has 0 radical (unpaired) electrons. The standard InChI is InChI=1S/C9H8F2O4S/c1-16(14,15)7-3-2-6(10)5(9(7)11)4-8(12)13/h2-3H,4H2,1H3,(H,12,13). The van der Waals surface area contributed by atoms with Crippen LogP contribution in [0.1, 0.15) is 5.56 Å². The van der Waals surface area contributed by atoms with Gasteiger partial charge in [-0.05, 0) is 12.1 Å². The molecular formula is C9H8F2O4S. The Morgan fingerprint density at radius 1 is 1.38 bits per heavy atom. The van der Waals surface area contributed by atoms with Crippen LogP contribution in [0.4, 0.5) is 8.78 Å². The number of hydrogen-bond donors (Lipinski definition) is 1. The van der Waals surface area contributed by atoms with Crippen LogP contribution in [0.15, 0.2) is 17.0 Å². The molecule has 0 unspecified atom stereocenters. The van der Waals surface area contributed by atoms with E-state index in [0.29, 0.717) is 0 Å². The van der Waals surface area contributed by atoms with E-state index in [2.05, 4.69) is 0 Å². The molecular weight excluding hydrogens is 242 g/mol. The maximum absolute atomic E-state index is 13.5. The van der Waals surface area contributed by atoms with Crippen molar-refractivity contribution in [3.05, 3.63) is 29.3 Å². The van der Waals surface area contributed by atoms with Crippen molar-refractivity contribution in [2.45, 2.75) is 11.3 Å². The third-order valence-electron chi connectivity index (χ3n) is 1.88. The van der Waals surface area contributed by atoms with Gasteiger partial charge in [0.2, 0.25) is 0 Å². The number of sulfone groups is 1. The van der Waals surface area contributed by atoms with E-state index in [0.717, 1.165) is 18.4 Å². The second-order valence-electron chi connectivity index (χ2n) is 3.18. The molecule has 0 aliphatic carbocycles. The van der Waals surface area contributed by atoms with Crippen LogP contribution in [0.25, 0.3) is 0 Å². The maximum atomic E-state index is 13.5. The molecule has 0 atom stereocenters. The molecule has 1 rings (SSSR count). The Morgan fingerprint density at radius 3 is 2.38 bits per heavy atom. The average Bonchev–Trinajstić information content (AvgIpc) is 2.09. The summed E-state index contributed by atoms with van der Waals surface area (Å²) in [6.07, 6.45) is -0.144. The van der Waals surface area contributed by atoms with E-state index in [1.807, 2.05) is 0 Å². The fourth-order valence-corrected chi connectivity index (χ4v) is 1.94. The van der Waals surface area contributed by atoms with E-state index in [4.69, 9.17) is 5.11 Å². The van der Waals surface area contributed by atoms with E-state index in [1.165, 1.54) is 0 Å². The third kappa shape index (κ3) is 2.54. The van der Waals surface area contributed by atoms with Crippen LogP contribution in [-0.2, 0) is 21.1 Å². The largest absolute Gasteiger partial charge is 0.481 e. The maximum Gasteiger partial charge on any atom is 0.308 e. The fourth-order valence-electron chi connectivity index (χ4n) is 1.18. The van der Waals surface area contributed by atoms with E-state index in [1.54, 1.807) is 0 Å². The minimum absolute atomic E-state index is 0.704. The number of rotatable bonds is 3. The lowest BCUT2D eigenvalue weighted by Gasteiger charge is -2.06. The van der Waals surface area contributed by atoms with Gasteiger partial charge in [-0.25, -0.2) is 17.2 Å². The van der Waals surface area contributed by atoms with Gasteiger partial charge in [0.1, 0.15) is 16.5 Å². The summed E-state index contributed by atoms with van der Waals surface area (Å²) in [6, 6.07) is 1.50. The minimum Gasteiger partial charge on any atom is -0.481 e. The first-order valence-electron chi connectivity index (χ1n) is 4.12. The van der Waals surface area contributed by atoms with Crippen molar-refractivity contribution in [2.24, 2.45) is 0 Å². The van der Waals surface area contributed by atoms with Crippen LogP contribution >= 0.6 is 0 Å².